The second-order valence-electron chi connectivity index (χ2n) is 5.74. The molecule has 1 aromatic rings. The summed E-state index contributed by atoms with van der Waals surface area (Å²) in [4.78, 5) is 37.0. The molecule has 0 saturated carbocycles. The highest BCUT2D eigenvalue weighted by molar-refractivity contribution is 6.15. The highest BCUT2D eigenvalue weighted by Gasteiger charge is 2.32. The first-order valence-electron chi connectivity index (χ1n) is 7.84. The zero-order valence-electron chi connectivity index (χ0n) is 14.0. The summed E-state index contributed by atoms with van der Waals surface area (Å²) in [6.45, 7) is 6.70. The second kappa shape index (κ2) is 7.78. The van der Waals surface area contributed by atoms with E-state index < -0.39 is 24.3 Å². The Morgan fingerprint density at radius 1 is 1.21 bits per heavy atom. The minimum absolute atomic E-state index is 0.280. The highest BCUT2D eigenvalue weighted by Crippen LogP contribution is 2.18. The number of nitrogens with one attached hydrogen (secondary N) is 3. The monoisotopic (exact) mass is 334 g/mol. The van der Waals surface area contributed by atoms with Gasteiger partial charge in [0.05, 0.1) is 17.9 Å². The molecule has 0 unspecified atom stereocenters. The van der Waals surface area contributed by atoms with Crippen molar-refractivity contribution in [1.29, 1.82) is 0 Å². The van der Waals surface area contributed by atoms with Gasteiger partial charge in [-0.05, 0) is 37.1 Å². The van der Waals surface area contributed by atoms with Gasteiger partial charge in [-0.15, -0.1) is 0 Å². The zero-order valence-corrected chi connectivity index (χ0v) is 14.0. The van der Waals surface area contributed by atoms with Gasteiger partial charge in [0.25, 0.3) is 0 Å². The van der Waals surface area contributed by atoms with Gasteiger partial charge in [-0.1, -0.05) is 13.8 Å². The van der Waals surface area contributed by atoms with E-state index in [9.17, 15) is 14.4 Å². The van der Waals surface area contributed by atoms with E-state index in [-0.39, 0.29) is 6.61 Å². The molecule has 3 N–H and O–H groups in total. The minimum atomic E-state index is -0.609. The van der Waals surface area contributed by atoms with Gasteiger partial charge in [0, 0.05) is 6.54 Å². The number of esters is 1. The molecule has 2 rings (SSSR count). The fourth-order valence-electron chi connectivity index (χ4n) is 2.16. The first-order chi connectivity index (χ1) is 11.4. The Kier molecular flexibility index (Phi) is 5.75. The molecule has 1 aromatic carbocycles. The van der Waals surface area contributed by atoms with E-state index in [2.05, 4.69) is 16.0 Å². The van der Waals surface area contributed by atoms with Gasteiger partial charge in [0.1, 0.15) is 0 Å². The van der Waals surface area contributed by atoms with Crippen molar-refractivity contribution in [2.24, 2.45) is 5.92 Å². The van der Waals surface area contributed by atoms with Gasteiger partial charge in [-0.3, -0.25) is 5.32 Å². The molecule has 0 aromatic heterocycles. The van der Waals surface area contributed by atoms with Gasteiger partial charge < -0.3 is 15.4 Å². The number of benzene rings is 1. The van der Waals surface area contributed by atoms with Crippen molar-refractivity contribution in [1.82, 2.24) is 16.0 Å². The Morgan fingerprint density at radius 2 is 1.79 bits per heavy atom. The molecule has 0 bridgehead atoms. The molecule has 0 aliphatic carbocycles. The molecular weight excluding hydrogens is 312 g/mol. The van der Waals surface area contributed by atoms with Crippen LogP contribution >= 0.6 is 0 Å². The number of amides is 4. The van der Waals surface area contributed by atoms with Crippen LogP contribution in [0.3, 0.4) is 0 Å². The van der Waals surface area contributed by atoms with E-state index in [1.54, 1.807) is 6.92 Å². The summed E-state index contributed by atoms with van der Waals surface area (Å²) in [6, 6.07) is 4.99. The molecule has 0 atom stereocenters. The minimum Gasteiger partial charge on any atom is -0.462 e. The molecule has 0 spiro atoms. The number of carbonyl (C=O) groups excluding carboxylic acids is 3. The molecule has 8 nitrogen and oxygen atoms in total. The normalized spacial score (nSPS) is 15.2. The van der Waals surface area contributed by atoms with Crippen molar-refractivity contribution in [2.45, 2.75) is 27.1 Å². The number of imide groups is 1. The third kappa shape index (κ3) is 4.23. The molecule has 1 aliphatic heterocycles. The maximum absolute atomic E-state index is 12.2. The van der Waals surface area contributed by atoms with Crippen LogP contribution in [0, 0.1) is 5.92 Å². The van der Waals surface area contributed by atoms with Crippen LogP contribution in [-0.4, -0.2) is 37.5 Å². The number of rotatable bonds is 6. The number of hydrogen-bond donors (Lipinski definition) is 3. The average Bonchev–Trinajstić information content (AvgIpc) is 2.53. The summed E-state index contributed by atoms with van der Waals surface area (Å²) in [5.41, 5.74) is 0.718. The summed E-state index contributed by atoms with van der Waals surface area (Å²) in [5, 5.41) is 8.36. The summed E-state index contributed by atoms with van der Waals surface area (Å²) < 4.78 is 4.90. The topological polar surface area (TPSA) is 99.8 Å². The Hall–Kier alpha value is -2.61. The standard InChI is InChI=1S/C16H22N4O4/c1-4-24-13(21)11-5-7-12(8-6-11)20-15(22)18-14(19-16(20)23)17-9-10(2)3/h5-8,10,14,17H,4,9H2,1-3H3,(H,18,22)(H,19,23). The molecule has 1 heterocycles. The SMILES string of the molecule is CCOC(=O)c1ccc(N2C(=O)NC(NCC(C)C)NC2=O)cc1. The van der Waals surface area contributed by atoms with Crippen molar-refractivity contribution in [3.8, 4) is 0 Å². The largest absolute Gasteiger partial charge is 0.462 e. The van der Waals surface area contributed by atoms with Crippen molar-refractivity contribution in [3.63, 3.8) is 0 Å². The number of anilines is 1. The molecule has 1 fully saturated rings. The molecule has 1 saturated heterocycles. The maximum Gasteiger partial charge on any atom is 0.338 e. The number of carbonyl (C=O) groups is 3. The third-order valence-corrected chi connectivity index (χ3v) is 3.31. The Balaban J connectivity index is 2.05. The molecular formula is C16H22N4O4. The lowest BCUT2D eigenvalue weighted by molar-refractivity contribution is 0.0526. The number of hydrogen-bond acceptors (Lipinski definition) is 5. The van der Waals surface area contributed by atoms with E-state index in [1.807, 2.05) is 13.8 Å². The second-order valence-corrected chi connectivity index (χ2v) is 5.74. The fourth-order valence-corrected chi connectivity index (χ4v) is 2.16. The first-order valence-corrected chi connectivity index (χ1v) is 7.84. The van der Waals surface area contributed by atoms with Crippen molar-refractivity contribution < 1.29 is 19.1 Å². The smallest absolute Gasteiger partial charge is 0.338 e. The third-order valence-electron chi connectivity index (χ3n) is 3.31. The van der Waals surface area contributed by atoms with E-state index in [0.717, 1.165) is 4.90 Å². The average molecular weight is 334 g/mol. The predicted octanol–water partition coefficient (Wildman–Crippen LogP) is 1.63. The van der Waals surface area contributed by atoms with Crippen molar-refractivity contribution in [3.05, 3.63) is 29.8 Å². The summed E-state index contributed by atoms with van der Waals surface area (Å²) >= 11 is 0. The Morgan fingerprint density at radius 3 is 2.29 bits per heavy atom. The van der Waals surface area contributed by atoms with Gasteiger partial charge in [0.15, 0.2) is 6.29 Å². The van der Waals surface area contributed by atoms with Crippen LogP contribution in [0.15, 0.2) is 24.3 Å². The number of urea groups is 2. The summed E-state index contributed by atoms with van der Waals surface area (Å²) in [7, 11) is 0. The maximum atomic E-state index is 12.2. The Bertz CT molecular complexity index is 597. The molecule has 130 valence electrons. The lowest BCUT2D eigenvalue weighted by Gasteiger charge is -2.33. The van der Waals surface area contributed by atoms with Gasteiger partial charge in [0.2, 0.25) is 0 Å². The van der Waals surface area contributed by atoms with Crippen molar-refractivity contribution >= 4 is 23.7 Å². The van der Waals surface area contributed by atoms with Crippen LogP contribution < -0.4 is 20.9 Å². The van der Waals surface area contributed by atoms with Crippen LogP contribution in [0.25, 0.3) is 0 Å². The van der Waals surface area contributed by atoms with Gasteiger partial charge in [-0.25, -0.2) is 19.3 Å². The highest BCUT2D eigenvalue weighted by atomic mass is 16.5. The summed E-state index contributed by atoms with van der Waals surface area (Å²) in [6.07, 6.45) is -0.609. The van der Waals surface area contributed by atoms with Gasteiger partial charge >= 0.3 is 18.0 Å². The van der Waals surface area contributed by atoms with Crippen LogP contribution in [-0.2, 0) is 4.74 Å². The van der Waals surface area contributed by atoms with Gasteiger partial charge in [-0.2, -0.15) is 0 Å². The van der Waals surface area contributed by atoms with E-state index >= 15 is 0 Å². The molecule has 1 aliphatic rings. The Labute approximate surface area is 140 Å². The van der Waals surface area contributed by atoms with E-state index in [1.165, 1.54) is 24.3 Å². The number of nitrogens with zero attached hydrogens (tertiary/aromatic N) is 1. The van der Waals surface area contributed by atoms with Crippen molar-refractivity contribution in [2.75, 3.05) is 18.1 Å². The van der Waals surface area contributed by atoms with Crippen LogP contribution in [0.5, 0.6) is 0 Å². The predicted molar refractivity (Wildman–Crippen MR) is 88.6 cm³/mol. The number of ether oxygens (including phenoxy) is 1. The first kappa shape index (κ1) is 17.7. The quantitative estimate of drug-likeness (QED) is 0.687. The fraction of sp³-hybridized carbons (Fsp3) is 0.438. The lowest BCUT2D eigenvalue weighted by atomic mass is 10.2. The van der Waals surface area contributed by atoms with E-state index in [4.69, 9.17) is 4.74 Å². The van der Waals surface area contributed by atoms with Crippen LogP contribution in [0.2, 0.25) is 0 Å². The molecule has 24 heavy (non-hydrogen) atoms. The molecule has 4 amide bonds. The lowest BCUT2D eigenvalue weighted by Crippen LogP contribution is -2.68. The molecule has 0 radical (unpaired) electrons. The van der Waals surface area contributed by atoms with E-state index in [0.29, 0.717) is 23.7 Å². The zero-order chi connectivity index (χ0) is 17.7. The summed E-state index contributed by atoms with van der Waals surface area (Å²) in [5.74, 6) is -0.0678. The molecule has 8 heteroatoms. The van der Waals surface area contributed by atoms with Crippen LogP contribution in [0.4, 0.5) is 15.3 Å². The van der Waals surface area contributed by atoms with Crippen LogP contribution in [0.1, 0.15) is 31.1 Å².